The minimum atomic E-state index is -0.139. The molecule has 3 heterocycles. The Kier molecular flexibility index (Phi) is 6.20. The Bertz CT molecular complexity index is 707. The van der Waals surface area contributed by atoms with Gasteiger partial charge in [0.1, 0.15) is 6.54 Å². The number of anilines is 1. The zero-order valence-corrected chi connectivity index (χ0v) is 15.7. The Morgan fingerprint density at radius 3 is 2.62 bits per heavy atom. The lowest BCUT2D eigenvalue weighted by atomic mass is 10.1. The van der Waals surface area contributed by atoms with E-state index in [0.29, 0.717) is 0 Å². The Morgan fingerprint density at radius 1 is 1.23 bits per heavy atom. The third kappa shape index (κ3) is 4.80. The second kappa shape index (κ2) is 8.78. The van der Waals surface area contributed by atoms with Crippen molar-refractivity contribution in [3.8, 4) is 0 Å². The van der Waals surface area contributed by atoms with E-state index in [4.69, 9.17) is 4.98 Å². The van der Waals surface area contributed by atoms with Crippen LogP contribution in [0.5, 0.6) is 0 Å². The second-order valence-electron chi connectivity index (χ2n) is 6.96. The summed E-state index contributed by atoms with van der Waals surface area (Å²) in [5.74, 6) is 0.733. The summed E-state index contributed by atoms with van der Waals surface area (Å²) in [7, 11) is 0. The molecule has 1 aliphatic heterocycles. The maximum absolute atomic E-state index is 12.2. The topological polar surface area (TPSA) is 75.9 Å². The Hall–Kier alpha value is -2.44. The van der Waals surface area contributed by atoms with Gasteiger partial charge in [-0.3, -0.25) is 9.48 Å². The van der Waals surface area contributed by atoms with E-state index in [-0.39, 0.29) is 18.5 Å². The van der Waals surface area contributed by atoms with E-state index in [0.717, 1.165) is 30.3 Å². The average Bonchev–Trinajstić information content (AvgIpc) is 3.07. The number of nitrogens with one attached hydrogen (secondary N) is 1. The highest BCUT2D eigenvalue weighted by Gasteiger charge is 2.17. The van der Waals surface area contributed by atoms with Crippen LogP contribution in [0.2, 0.25) is 0 Å². The normalized spacial score (nSPS) is 16.6. The highest BCUT2D eigenvalue weighted by atomic mass is 16.2. The van der Waals surface area contributed by atoms with Crippen LogP contribution in [0, 0.1) is 6.92 Å². The van der Waals surface area contributed by atoms with E-state index < -0.39 is 0 Å². The highest BCUT2D eigenvalue weighted by Crippen LogP contribution is 2.20. The molecular weight excluding hydrogens is 328 g/mol. The Labute approximate surface area is 154 Å². The standard InChI is InChI=1S/C19H28N6O/c1-15(22-18(26)14-25-12-8-9-21-25)17-13-20-19(23-16(17)2)24-10-6-4-3-5-7-11-24/h8-9,12-13,15H,3-7,10-11,14H2,1-2H3,(H,22,26). The molecule has 1 aliphatic rings. The van der Waals surface area contributed by atoms with Gasteiger partial charge in [0.2, 0.25) is 11.9 Å². The molecule has 1 atom stereocenters. The number of aromatic nitrogens is 4. The van der Waals surface area contributed by atoms with Gasteiger partial charge in [-0.05, 0) is 32.8 Å². The number of hydrogen-bond acceptors (Lipinski definition) is 5. The molecule has 1 saturated heterocycles. The van der Waals surface area contributed by atoms with Crippen molar-refractivity contribution in [2.45, 2.75) is 58.5 Å². The van der Waals surface area contributed by atoms with Crippen molar-refractivity contribution in [1.82, 2.24) is 25.1 Å². The van der Waals surface area contributed by atoms with Crippen LogP contribution in [0.25, 0.3) is 0 Å². The summed E-state index contributed by atoms with van der Waals surface area (Å²) >= 11 is 0. The van der Waals surface area contributed by atoms with Crippen molar-refractivity contribution < 1.29 is 4.79 Å². The zero-order chi connectivity index (χ0) is 18.4. The third-order valence-corrected chi connectivity index (χ3v) is 4.85. The molecule has 3 rings (SSSR count). The van der Waals surface area contributed by atoms with Crippen molar-refractivity contribution in [2.24, 2.45) is 0 Å². The molecule has 0 spiro atoms. The summed E-state index contributed by atoms with van der Waals surface area (Å²) < 4.78 is 1.61. The van der Waals surface area contributed by atoms with Gasteiger partial charge in [0.05, 0.1) is 6.04 Å². The monoisotopic (exact) mass is 356 g/mol. The molecule has 0 aromatic carbocycles. The smallest absolute Gasteiger partial charge is 0.242 e. The molecule has 0 radical (unpaired) electrons. The van der Waals surface area contributed by atoms with Crippen molar-refractivity contribution >= 4 is 11.9 Å². The van der Waals surface area contributed by atoms with E-state index in [9.17, 15) is 4.79 Å². The predicted molar refractivity (Wildman–Crippen MR) is 101 cm³/mol. The molecule has 0 saturated carbocycles. The van der Waals surface area contributed by atoms with Gasteiger partial charge in [0.15, 0.2) is 0 Å². The summed E-state index contributed by atoms with van der Waals surface area (Å²) in [6.45, 7) is 6.20. The maximum atomic E-state index is 12.2. The molecule has 0 bridgehead atoms. The number of nitrogens with zero attached hydrogens (tertiary/aromatic N) is 5. The van der Waals surface area contributed by atoms with E-state index >= 15 is 0 Å². The molecule has 1 fully saturated rings. The van der Waals surface area contributed by atoms with Gasteiger partial charge in [-0.15, -0.1) is 0 Å². The van der Waals surface area contributed by atoms with Crippen LogP contribution in [0.4, 0.5) is 5.95 Å². The van der Waals surface area contributed by atoms with Crippen LogP contribution in [0.3, 0.4) is 0 Å². The molecule has 2 aromatic heterocycles. The van der Waals surface area contributed by atoms with Gasteiger partial charge in [0, 0.05) is 42.9 Å². The quantitative estimate of drug-likeness (QED) is 0.891. The van der Waals surface area contributed by atoms with Gasteiger partial charge in [-0.1, -0.05) is 19.3 Å². The van der Waals surface area contributed by atoms with Gasteiger partial charge in [-0.25, -0.2) is 9.97 Å². The Morgan fingerprint density at radius 2 is 1.96 bits per heavy atom. The molecule has 2 aromatic rings. The van der Waals surface area contributed by atoms with E-state index in [1.165, 1.54) is 32.1 Å². The summed E-state index contributed by atoms with van der Waals surface area (Å²) in [6.07, 6.45) is 11.6. The SMILES string of the molecule is Cc1nc(N2CCCCCCC2)ncc1C(C)NC(=O)Cn1cccn1. The fraction of sp³-hybridized carbons (Fsp3) is 0.579. The lowest BCUT2D eigenvalue weighted by Crippen LogP contribution is -2.32. The van der Waals surface area contributed by atoms with E-state index in [1.807, 2.05) is 20.0 Å². The van der Waals surface area contributed by atoms with Gasteiger partial charge >= 0.3 is 0 Å². The largest absolute Gasteiger partial charge is 0.348 e. The minimum absolute atomic E-state index is 0.0755. The van der Waals surface area contributed by atoms with Gasteiger partial charge < -0.3 is 10.2 Å². The molecule has 1 amide bonds. The number of rotatable bonds is 5. The van der Waals surface area contributed by atoms with Crippen LogP contribution >= 0.6 is 0 Å². The fourth-order valence-electron chi connectivity index (χ4n) is 3.40. The average molecular weight is 356 g/mol. The molecule has 0 aliphatic carbocycles. The van der Waals surface area contributed by atoms with Crippen LogP contribution in [0.15, 0.2) is 24.7 Å². The van der Waals surface area contributed by atoms with Gasteiger partial charge in [0.25, 0.3) is 0 Å². The third-order valence-electron chi connectivity index (χ3n) is 4.85. The van der Waals surface area contributed by atoms with Gasteiger partial charge in [-0.2, -0.15) is 5.10 Å². The Balaban J connectivity index is 1.63. The van der Waals surface area contributed by atoms with Crippen LogP contribution in [-0.4, -0.2) is 38.7 Å². The first-order chi connectivity index (χ1) is 12.6. The number of hydrogen-bond donors (Lipinski definition) is 1. The number of carbonyl (C=O) groups excluding carboxylic acids is 1. The van der Waals surface area contributed by atoms with Crippen LogP contribution in [-0.2, 0) is 11.3 Å². The van der Waals surface area contributed by atoms with E-state index in [2.05, 4.69) is 20.3 Å². The first-order valence-electron chi connectivity index (χ1n) is 9.49. The molecule has 26 heavy (non-hydrogen) atoms. The van der Waals surface area contributed by atoms with E-state index in [1.54, 1.807) is 23.1 Å². The summed E-state index contributed by atoms with van der Waals surface area (Å²) in [4.78, 5) is 23.8. The molecule has 1 N–H and O–H groups in total. The highest BCUT2D eigenvalue weighted by molar-refractivity contribution is 5.76. The van der Waals surface area contributed by atoms with Crippen molar-refractivity contribution in [1.29, 1.82) is 0 Å². The molecule has 140 valence electrons. The molecule has 7 nitrogen and oxygen atoms in total. The lowest BCUT2D eigenvalue weighted by molar-refractivity contribution is -0.122. The maximum Gasteiger partial charge on any atom is 0.242 e. The van der Waals surface area contributed by atoms with Crippen LogP contribution < -0.4 is 10.2 Å². The summed E-state index contributed by atoms with van der Waals surface area (Å²) in [6, 6.07) is 1.66. The molecule has 1 unspecified atom stereocenters. The first-order valence-corrected chi connectivity index (χ1v) is 9.49. The number of amides is 1. The van der Waals surface area contributed by atoms with Crippen molar-refractivity contribution in [2.75, 3.05) is 18.0 Å². The van der Waals surface area contributed by atoms with Crippen LogP contribution in [0.1, 0.15) is 56.3 Å². The number of aryl methyl sites for hydroxylation is 1. The summed E-state index contributed by atoms with van der Waals surface area (Å²) in [5.41, 5.74) is 1.87. The summed E-state index contributed by atoms with van der Waals surface area (Å²) in [5, 5.41) is 7.06. The zero-order valence-electron chi connectivity index (χ0n) is 15.7. The fourth-order valence-corrected chi connectivity index (χ4v) is 3.40. The van der Waals surface area contributed by atoms with Crippen molar-refractivity contribution in [3.05, 3.63) is 35.9 Å². The lowest BCUT2D eigenvalue weighted by Gasteiger charge is -2.25. The molecule has 7 heteroatoms. The predicted octanol–water partition coefficient (Wildman–Crippen LogP) is 2.63. The number of carbonyl (C=O) groups is 1. The minimum Gasteiger partial charge on any atom is -0.348 e. The second-order valence-corrected chi connectivity index (χ2v) is 6.96. The first kappa shape index (κ1) is 18.4. The van der Waals surface area contributed by atoms with Crippen molar-refractivity contribution in [3.63, 3.8) is 0 Å². The molecular formula is C19H28N6O.